The number of anilines is 1. The van der Waals surface area contributed by atoms with Crippen LogP contribution >= 0.6 is 0 Å². The minimum absolute atomic E-state index is 0.0318. The number of nitrogens with zero attached hydrogens (tertiary/aromatic N) is 3. The Morgan fingerprint density at radius 2 is 2.09 bits per heavy atom. The SMILES string of the molecule is Cc1c(-c2noc(-c3ccc(OC(C)C)c(N)c3)n2)ccc2c1CCN(CC(=O)N[C@@H](C)CO)C2. The molecule has 1 amide bonds. The second-order valence-corrected chi connectivity index (χ2v) is 9.33. The van der Waals surface area contributed by atoms with Crippen LogP contribution in [0.1, 0.15) is 37.5 Å². The van der Waals surface area contributed by atoms with Crippen LogP contribution in [0.25, 0.3) is 22.8 Å². The molecule has 4 N–H and O–H groups in total. The standard InChI is InChI=1S/C26H33N5O4/c1-15(2)34-23-8-6-18(11-22(23)27)26-29-25(30-35-26)21-7-5-19-12-31(10-9-20(19)17(21)4)13-24(33)28-16(3)14-32/h5-8,11,15-16,32H,9-10,12-14,27H2,1-4H3,(H,28,33)/t16-/m0/s1. The first-order chi connectivity index (χ1) is 16.7. The number of hydrogen-bond donors (Lipinski definition) is 3. The van der Waals surface area contributed by atoms with Gasteiger partial charge in [0.1, 0.15) is 5.75 Å². The Kier molecular flexibility index (Phi) is 7.37. The van der Waals surface area contributed by atoms with Gasteiger partial charge in [0.25, 0.3) is 5.89 Å². The molecule has 0 radical (unpaired) electrons. The maximum atomic E-state index is 12.2. The molecule has 1 aromatic heterocycles. The largest absolute Gasteiger partial charge is 0.489 e. The Morgan fingerprint density at radius 3 is 2.80 bits per heavy atom. The summed E-state index contributed by atoms with van der Waals surface area (Å²) in [5.41, 5.74) is 11.9. The first kappa shape index (κ1) is 24.7. The Balaban J connectivity index is 1.49. The van der Waals surface area contributed by atoms with Crippen molar-refractivity contribution in [3.05, 3.63) is 47.0 Å². The molecule has 9 heteroatoms. The Labute approximate surface area is 205 Å². The van der Waals surface area contributed by atoms with Crippen LogP contribution in [0.15, 0.2) is 34.9 Å². The number of aliphatic hydroxyl groups excluding tert-OH is 1. The Bertz CT molecular complexity index is 1210. The van der Waals surface area contributed by atoms with E-state index in [1.807, 2.05) is 32.0 Å². The fourth-order valence-electron chi connectivity index (χ4n) is 4.34. The zero-order valence-electron chi connectivity index (χ0n) is 20.7. The van der Waals surface area contributed by atoms with E-state index in [2.05, 4.69) is 33.3 Å². The van der Waals surface area contributed by atoms with Gasteiger partial charge in [0.05, 0.1) is 24.9 Å². The van der Waals surface area contributed by atoms with Gasteiger partial charge in [-0.15, -0.1) is 0 Å². The van der Waals surface area contributed by atoms with Gasteiger partial charge >= 0.3 is 0 Å². The number of ether oxygens (including phenoxy) is 1. The highest BCUT2D eigenvalue weighted by Crippen LogP contribution is 2.32. The molecule has 35 heavy (non-hydrogen) atoms. The highest BCUT2D eigenvalue weighted by atomic mass is 16.5. The second-order valence-electron chi connectivity index (χ2n) is 9.33. The number of nitrogens with two attached hydrogens (primary N) is 1. The molecule has 2 aromatic carbocycles. The van der Waals surface area contributed by atoms with Crippen molar-refractivity contribution in [2.75, 3.05) is 25.4 Å². The molecule has 1 atom stereocenters. The zero-order valence-corrected chi connectivity index (χ0v) is 20.7. The van der Waals surface area contributed by atoms with Gasteiger partial charge in [-0.1, -0.05) is 17.3 Å². The number of hydrogen-bond acceptors (Lipinski definition) is 8. The molecule has 0 spiro atoms. The Morgan fingerprint density at radius 1 is 1.29 bits per heavy atom. The van der Waals surface area contributed by atoms with E-state index < -0.39 is 0 Å². The maximum absolute atomic E-state index is 12.2. The number of nitrogens with one attached hydrogen (secondary N) is 1. The summed E-state index contributed by atoms with van der Waals surface area (Å²) in [5.74, 6) is 1.48. The predicted molar refractivity (Wildman–Crippen MR) is 134 cm³/mol. The molecular formula is C26H33N5O4. The van der Waals surface area contributed by atoms with Crippen molar-refractivity contribution in [1.29, 1.82) is 0 Å². The monoisotopic (exact) mass is 479 g/mol. The second kappa shape index (κ2) is 10.5. The number of aliphatic hydroxyl groups is 1. The molecule has 0 saturated heterocycles. The average molecular weight is 480 g/mol. The van der Waals surface area contributed by atoms with E-state index in [-0.39, 0.29) is 24.7 Å². The van der Waals surface area contributed by atoms with E-state index in [1.165, 1.54) is 11.1 Å². The number of rotatable bonds is 8. The normalized spacial score (nSPS) is 14.6. The summed E-state index contributed by atoms with van der Waals surface area (Å²) < 4.78 is 11.3. The lowest BCUT2D eigenvalue weighted by atomic mass is 9.91. The number of aromatic nitrogens is 2. The lowest BCUT2D eigenvalue weighted by Crippen LogP contribution is -2.43. The van der Waals surface area contributed by atoms with Crippen molar-refractivity contribution >= 4 is 11.6 Å². The van der Waals surface area contributed by atoms with Crippen molar-refractivity contribution in [2.24, 2.45) is 0 Å². The molecule has 0 fully saturated rings. The van der Waals surface area contributed by atoms with Crippen LogP contribution in [0.5, 0.6) is 5.75 Å². The van der Waals surface area contributed by atoms with Crippen LogP contribution in [-0.2, 0) is 17.8 Å². The number of carbonyl (C=O) groups excluding carboxylic acids is 1. The van der Waals surface area contributed by atoms with Gasteiger partial charge in [0, 0.05) is 30.3 Å². The first-order valence-corrected chi connectivity index (χ1v) is 11.9. The number of amides is 1. The van der Waals surface area contributed by atoms with E-state index in [4.69, 9.17) is 20.1 Å². The molecule has 2 heterocycles. The van der Waals surface area contributed by atoms with Gasteiger partial charge in [-0.05, 0) is 69.0 Å². The zero-order chi connectivity index (χ0) is 25.1. The molecule has 0 aliphatic carbocycles. The van der Waals surface area contributed by atoms with E-state index in [1.54, 1.807) is 13.0 Å². The topological polar surface area (TPSA) is 127 Å². The van der Waals surface area contributed by atoms with Crippen molar-refractivity contribution in [1.82, 2.24) is 20.4 Å². The minimum Gasteiger partial charge on any atom is -0.489 e. The predicted octanol–water partition coefficient (Wildman–Crippen LogP) is 2.94. The molecule has 0 unspecified atom stereocenters. The quantitative estimate of drug-likeness (QED) is 0.421. The summed E-state index contributed by atoms with van der Waals surface area (Å²) in [5, 5.41) is 16.2. The summed E-state index contributed by atoms with van der Waals surface area (Å²) in [4.78, 5) is 18.9. The number of nitrogen functional groups attached to an aromatic ring is 1. The highest BCUT2D eigenvalue weighted by Gasteiger charge is 2.23. The summed E-state index contributed by atoms with van der Waals surface area (Å²) >= 11 is 0. The minimum atomic E-state index is -0.244. The van der Waals surface area contributed by atoms with Gasteiger partial charge in [-0.2, -0.15) is 4.98 Å². The van der Waals surface area contributed by atoms with Gasteiger partial charge < -0.3 is 25.4 Å². The number of carbonyl (C=O) groups is 1. The first-order valence-electron chi connectivity index (χ1n) is 11.9. The smallest absolute Gasteiger partial charge is 0.258 e. The highest BCUT2D eigenvalue weighted by molar-refractivity contribution is 5.78. The van der Waals surface area contributed by atoms with Crippen LogP contribution in [0.3, 0.4) is 0 Å². The van der Waals surface area contributed by atoms with Crippen LogP contribution in [0.2, 0.25) is 0 Å². The van der Waals surface area contributed by atoms with Gasteiger partial charge in [0.15, 0.2) is 0 Å². The van der Waals surface area contributed by atoms with Crippen molar-refractivity contribution in [3.8, 4) is 28.6 Å². The van der Waals surface area contributed by atoms with E-state index >= 15 is 0 Å². The van der Waals surface area contributed by atoms with Crippen molar-refractivity contribution < 1.29 is 19.2 Å². The van der Waals surface area contributed by atoms with Crippen LogP contribution in [0, 0.1) is 6.92 Å². The fourth-order valence-corrected chi connectivity index (χ4v) is 4.34. The third kappa shape index (κ3) is 5.63. The summed E-state index contributed by atoms with van der Waals surface area (Å²) in [6.45, 7) is 9.47. The molecular weight excluding hydrogens is 446 g/mol. The van der Waals surface area contributed by atoms with Crippen LogP contribution in [-0.4, -0.2) is 57.9 Å². The van der Waals surface area contributed by atoms with Gasteiger partial charge in [-0.25, -0.2) is 0 Å². The van der Waals surface area contributed by atoms with Crippen LogP contribution < -0.4 is 15.8 Å². The summed E-state index contributed by atoms with van der Waals surface area (Å²) in [6.07, 6.45) is 0.862. The third-order valence-electron chi connectivity index (χ3n) is 6.10. The average Bonchev–Trinajstić information content (AvgIpc) is 3.30. The van der Waals surface area contributed by atoms with E-state index in [0.29, 0.717) is 36.2 Å². The molecule has 3 aromatic rings. The fraction of sp³-hybridized carbons (Fsp3) is 0.423. The van der Waals surface area contributed by atoms with Crippen LogP contribution in [0.4, 0.5) is 5.69 Å². The van der Waals surface area contributed by atoms with Crippen molar-refractivity contribution in [3.63, 3.8) is 0 Å². The molecule has 1 aliphatic heterocycles. The molecule has 186 valence electrons. The lowest BCUT2D eigenvalue weighted by Gasteiger charge is -2.30. The lowest BCUT2D eigenvalue weighted by molar-refractivity contribution is -0.123. The summed E-state index contributed by atoms with van der Waals surface area (Å²) in [6, 6.07) is 9.29. The van der Waals surface area contributed by atoms with Crippen molar-refractivity contribution in [2.45, 2.75) is 52.8 Å². The molecule has 9 nitrogen and oxygen atoms in total. The van der Waals surface area contributed by atoms with Gasteiger partial charge in [-0.3, -0.25) is 9.69 Å². The maximum Gasteiger partial charge on any atom is 0.258 e. The third-order valence-corrected chi connectivity index (χ3v) is 6.10. The molecule has 0 bridgehead atoms. The Hall–Kier alpha value is -3.43. The molecule has 0 saturated carbocycles. The van der Waals surface area contributed by atoms with E-state index in [9.17, 15) is 4.79 Å². The number of benzene rings is 2. The molecule has 1 aliphatic rings. The van der Waals surface area contributed by atoms with Gasteiger partial charge in [0.2, 0.25) is 11.7 Å². The van der Waals surface area contributed by atoms with E-state index in [0.717, 1.165) is 29.7 Å². The number of fused-ring (bicyclic) bond motifs is 1. The summed E-state index contributed by atoms with van der Waals surface area (Å²) in [7, 11) is 0. The molecule has 4 rings (SSSR count).